The number of nitrogens with zero attached hydrogens (tertiary/aromatic N) is 4. The number of hydrogen-bond donors (Lipinski definition) is 1. The molecule has 2 heterocycles. The average molecular weight is 401 g/mol. The molecule has 2 aromatic heterocycles. The summed E-state index contributed by atoms with van der Waals surface area (Å²) in [5, 5.41) is 18.6. The Morgan fingerprint density at radius 3 is 3.00 bits per heavy atom. The summed E-state index contributed by atoms with van der Waals surface area (Å²) in [4.78, 5) is 4.22. The van der Waals surface area contributed by atoms with Crippen LogP contribution in [0.25, 0.3) is 11.0 Å². The molecule has 0 radical (unpaired) electrons. The molecule has 0 amide bonds. The first kappa shape index (κ1) is 16.2. The summed E-state index contributed by atoms with van der Waals surface area (Å²) in [6.45, 7) is 4.51. The zero-order valence-corrected chi connectivity index (χ0v) is 15.1. The predicted octanol–water partition coefficient (Wildman–Crippen LogP) is 4.01. The van der Waals surface area contributed by atoms with E-state index < -0.39 is 6.10 Å². The molecular formula is C18H17BrN4O2. The van der Waals surface area contributed by atoms with Gasteiger partial charge in [0.25, 0.3) is 0 Å². The van der Waals surface area contributed by atoms with Crippen LogP contribution in [0, 0.1) is 5.92 Å². The van der Waals surface area contributed by atoms with Gasteiger partial charge in [0, 0.05) is 18.3 Å². The van der Waals surface area contributed by atoms with E-state index in [4.69, 9.17) is 4.74 Å². The highest BCUT2D eigenvalue weighted by molar-refractivity contribution is 9.10. The van der Waals surface area contributed by atoms with Crippen LogP contribution < -0.4 is 4.74 Å². The summed E-state index contributed by atoms with van der Waals surface area (Å²) < 4.78 is 8.59. The number of rotatable bonds is 6. The molecule has 4 rings (SSSR count). The summed E-state index contributed by atoms with van der Waals surface area (Å²) >= 11 is 3.56. The van der Waals surface area contributed by atoms with Gasteiger partial charge in [-0.05, 0) is 59.0 Å². The lowest BCUT2D eigenvalue weighted by molar-refractivity contribution is 0.223. The minimum absolute atomic E-state index is 0.334. The number of ether oxygens (including phenoxy) is 1. The smallest absolute Gasteiger partial charge is 0.225 e. The number of aliphatic hydroxyl groups is 1. The topological polar surface area (TPSA) is 73.1 Å². The first-order valence-electron chi connectivity index (χ1n) is 8.12. The van der Waals surface area contributed by atoms with Gasteiger partial charge in [-0.2, -0.15) is 0 Å². The van der Waals surface area contributed by atoms with E-state index in [0.29, 0.717) is 17.2 Å². The lowest BCUT2D eigenvalue weighted by atomic mass is 10.1. The number of aromatic nitrogens is 4. The molecule has 0 spiro atoms. The molecule has 1 saturated carbocycles. The summed E-state index contributed by atoms with van der Waals surface area (Å²) in [6, 6.07) is 7.31. The molecule has 128 valence electrons. The van der Waals surface area contributed by atoms with Crippen molar-refractivity contribution < 1.29 is 9.84 Å². The normalized spacial score (nSPS) is 15.3. The van der Waals surface area contributed by atoms with Crippen LogP contribution in [-0.4, -0.2) is 25.1 Å². The van der Waals surface area contributed by atoms with Gasteiger partial charge >= 0.3 is 0 Å². The molecule has 7 heteroatoms. The SMILES string of the molecule is C=CC(O)c1cccnc1Oc1ccc2c(nnn2CC2CC2)c1Br. The second-order valence-electron chi connectivity index (χ2n) is 6.14. The van der Waals surface area contributed by atoms with Crippen molar-refractivity contribution in [3.63, 3.8) is 0 Å². The lowest BCUT2D eigenvalue weighted by Gasteiger charge is -2.13. The van der Waals surface area contributed by atoms with Crippen molar-refractivity contribution in [2.45, 2.75) is 25.5 Å². The van der Waals surface area contributed by atoms with Crippen LogP contribution in [0.5, 0.6) is 11.6 Å². The van der Waals surface area contributed by atoms with Gasteiger partial charge in [0.05, 0.1) is 9.99 Å². The highest BCUT2D eigenvalue weighted by Gasteiger charge is 2.24. The Kier molecular flexibility index (Phi) is 4.27. The summed E-state index contributed by atoms with van der Waals surface area (Å²) in [5.41, 5.74) is 2.28. The Bertz CT molecular complexity index is 936. The molecule has 1 aromatic carbocycles. The van der Waals surface area contributed by atoms with Gasteiger partial charge < -0.3 is 9.84 Å². The molecule has 0 aliphatic heterocycles. The maximum atomic E-state index is 10.0. The van der Waals surface area contributed by atoms with Gasteiger partial charge in [-0.3, -0.25) is 0 Å². The number of halogens is 1. The van der Waals surface area contributed by atoms with Crippen molar-refractivity contribution in [1.29, 1.82) is 0 Å². The fourth-order valence-electron chi connectivity index (χ4n) is 2.69. The van der Waals surface area contributed by atoms with E-state index in [0.717, 1.165) is 28.0 Å². The van der Waals surface area contributed by atoms with Crippen molar-refractivity contribution in [1.82, 2.24) is 20.0 Å². The highest BCUT2D eigenvalue weighted by Crippen LogP contribution is 2.37. The van der Waals surface area contributed by atoms with Crippen LogP contribution in [0.4, 0.5) is 0 Å². The molecule has 1 atom stereocenters. The van der Waals surface area contributed by atoms with Crippen molar-refractivity contribution in [2.24, 2.45) is 5.92 Å². The van der Waals surface area contributed by atoms with Crippen LogP contribution in [0.3, 0.4) is 0 Å². The van der Waals surface area contributed by atoms with Gasteiger partial charge in [0.15, 0.2) is 0 Å². The molecule has 1 unspecified atom stereocenters. The Morgan fingerprint density at radius 1 is 1.40 bits per heavy atom. The molecule has 0 bridgehead atoms. The molecule has 6 nitrogen and oxygen atoms in total. The third-order valence-electron chi connectivity index (χ3n) is 4.27. The van der Waals surface area contributed by atoms with Crippen molar-refractivity contribution in [2.75, 3.05) is 0 Å². The van der Waals surface area contributed by atoms with Gasteiger partial charge in [-0.25, -0.2) is 9.67 Å². The zero-order valence-electron chi connectivity index (χ0n) is 13.5. The maximum Gasteiger partial charge on any atom is 0.225 e. The number of hydrogen-bond acceptors (Lipinski definition) is 5. The summed E-state index contributed by atoms with van der Waals surface area (Å²) in [7, 11) is 0. The summed E-state index contributed by atoms with van der Waals surface area (Å²) in [5.74, 6) is 1.62. The largest absolute Gasteiger partial charge is 0.437 e. The van der Waals surface area contributed by atoms with Gasteiger partial charge in [0.1, 0.15) is 17.4 Å². The zero-order chi connectivity index (χ0) is 17.4. The average Bonchev–Trinajstić information content (AvgIpc) is 3.36. The van der Waals surface area contributed by atoms with E-state index in [2.05, 4.69) is 37.8 Å². The molecule has 3 aromatic rings. The molecule has 1 aliphatic rings. The standard InChI is InChI=1S/C18H17BrN4O2/c1-2-14(24)12-4-3-9-20-18(12)25-15-8-7-13-17(16(15)19)21-22-23(13)10-11-5-6-11/h2-4,7-9,11,14,24H,1,5-6,10H2. The highest BCUT2D eigenvalue weighted by atomic mass is 79.9. The van der Waals surface area contributed by atoms with Crippen LogP contribution in [0.15, 0.2) is 47.6 Å². The second kappa shape index (κ2) is 6.57. The van der Waals surface area contributed by atoms with Crippen LogP contribution >= 0.6 is 15.9 Å². The van der Waals surface area contributed by atoms with Crippen LogP contribution in [0.1, 0.15) is 24.5 Å². The Labute approximate surface area is 153 Å². The van der Waals surface area contributed by atoms with Crippen LogP contribution in [-0.2, 0) is 6.54 Å². The van der Waals surface area contributed by atoms with Crippen molar-refractivity contribution >= 4 is 27.0 Å². The lowest BCUT2D eigenvalue weighted by Crippen LogP contribution is -2.02. The van der Waals surface area contributed by atoms with E-state index in [-0.39, 0.29) is 0 Å². The predicted molar refractivity (Wildman–Crippen MR) is 97.4 cm³/mol. The monoisotopic (exact) mass is 400 g/mol. The summed E-state index contributed by atoms with van der Waals surface area (Å²) in [6.07, 6.45) is 4.74. The van der Waals surface area contributed by atoms with E-state index >= 15 is 0 Å². The molecular weight excluding hydrogens is 384 g/mol. The molecule has 0 saturated heterocycles. The maximum absolute atomic E-state index is 10.0. The van der Waals surface area contributed by atoms with Gasteiger partial charge in [0.2, 0.25) is 5.88 Å². The van der Waals surface area contributed by atoms with Crippen molar-refractivity contribution in [3.8, 4) is 11.6 Å². The number of benzene rings is 1. The van der Waals surface area contributed by atoms with Crippen molar-refractivity contribution in [3.05, 3.63) is 53.2 Å². The quantitative estimate of drug-likeness (QED) is 0.632. The molecule has 25 heavy (non-hydrogen) atoms. The van der Waals surface area contributed by atoms with Gasteiger partial charge in [-0.1, -0.05) is 11.3 Å². The van der Waals surface area contributed by atoms with E-state index in [9.17, 15) is 5.11 Å². The third kappa shape index (κ3) is 3.17. The Morgan fingerprint density at radius 2 is 2.24 bits per heavy atom. The van der Waals surface area contributed by atoms with E-state index in [1.54, 1.807) is 18.3 Å². The molecule has 1 N–H and O–H groups in total. The van der Waals surface area contributed by atoms with E-state index in [1.807, 2.05) is 16.8 Å². The van der Waals surface area contributed by atoms with Gasteiger partial charge in [-0.15, -0.1) is 11.7 Å². The number of pyridine rings is 1. The number of aliphatic hydroxyl groups excluding tert-OH is 1. The first-order chi connectivity index (χ1) is 12.2. The van der Waals surface area contributed by atoms with Crippen LogP contribution in [0.2, 0.25) is 0 Å². The van der Waals surface area contributed by atoms with E-state index in [1.165, 1.54) is 18.9 Å². The second-order valence-corrected chi connectivity index (χ2v) is 6.93. The minimum Gasteiger partial charge on any atom is -0.437 e. The fraction of sp³-hybridized carbons (Fsp3) is 0.278. The third-order valence-corrected chi connectivity index (χ3v) is 5.03. The number of fused-ring (bicyclic) bond motifs is 1. The first-order valence-corrected chi connectivity index (χ1v) is 8.91. The molecule has 1 aliphatic carbocycles. The Balaban J connectivity index is 1.68. The fourth-order valence-corrected chi connectivity index (χ4v) is 3.19. The molecule has 1 fully saturated rings. The minimum atomic E-state index is -0.842. The Hall–Kier alpha value is -2.25.